The van der Waals surface area contributed by atoms with Crippen molar-refractivity contribution < 1.29 is 19.0 Å². The lowest BCUT2D eigenvalue weighted by molar-refractivity contribution is -0.116. The van der Waals surface area contributed by atoms with Gasteiger partial charge in [-0.3, -0.25) is 9.79 Å². The summed E-state index contributed by atoms with van der Waals surface area (Å²) in [5, 5.41) is 2.80. The van der Waals surface area contributed by atoms with Crippen molar-refractivity contribution in [2.75, 3.05) is 11.9 Å². The Morgan fingerprint density at radius 2 is 1.94 bits per heavy atom. The average molecular weight is 439 g/mol. The summed E-state index contributed by atoms with van der Waals surface area (Å²) in [4.78, 5) is 20.7. The van der Waals surface area contributed by atoms with Gasteiger partial charge in [-0.05, 0) is 30.2 Å². The average Bonchev–Trinajstić information content (AvgIpc) is 3.35. The summed E-state index contributed by atoms with van der Waals surface area (Å²) in [7, 11) is 0. The molecule has 3 aliphatic rings. The molecule has 7 nitrogen and oxygen atoms in total. The van der Waals surface area contributed by atoms with Crippen LogP contribution in [0.3, 0.4) is 0 Å². The summed E-state index contributed by atoms with van der Waals surface area (Å²) in [6, 6.07) is 17.5. The predicted molar refractivity (Wildman–Crippen MR) is 124 cm³/mol. The maximum absolute atomic E-state index is 11.7. The normalized spacial score (nSPS) is 18.7. The minimum Gasteiger partial charge on any atom is -0.485 e. The third-order valence-corrected chi connectivity index (χ3v) is 5.88. The van der Waals surface area contributed by atoms with E-state index in [1.807, 2.05) is 36.4 Å². The molecule has 0 unspecified atom stereocenters. The molecule has 164 valence electrons. The fraction of sp³-hybridized carbons (Fsp3) is 0.192. The molecule has 1 amide bonds. The van der Waals surface area contributed by atoms with E-state index in [1.165, 1.54) is 0 Å². The molecule has 6 rings (SSSR count). The molecule has 1 N–H and O–H groups in total. The van der Waals surface area contributed by atoms with Crippen molar-refractivity contribution in [3.63, 3.8) is 0 Å². The Labute approximate surface area is 190 Å². The van der Waals surface area contributed by atoms with E-state index in [0.29, 0.717) is 48.3 Å². The molecule has 2 aromatic carbocycles. The van der Waals surface area contributed by atoms with Crippen LogP contribution in [-0.4, -0.2) is 29.3 Å². The van der Waals surface area contributed by atoms with Crippen molar-refractivity contribution in [1.82, 2.24) is 4.98 Å². The Kier molecular flexibility index (Phi) is 4.79. The van der Waals surface area contributed by atoms with Crippen LogP contribution < -0.4 is 19.5 Å². The Hall–Kier alpha value is -4.13. The number of ether oxygens (including phenoxy) is 3. The largest absolute Gasteiger partial charge is 0.485 e. The van der Waals surface area contributed by atoms with Crippen LogP contribution in [0.15, 0.2) is 71.9 Å². The van der Waals surface area contributed by atoms with Gasteiger partial charge in [-0.15, -0.1) is 0 Å². The standard InChI is InChI=1S/C26H21N3O4/c30-25-11-7-18-21(12-13-27-26(18)29-25)32-17-6-10-22-23(14-17)33-24(15-31-22)20-9-8-19(28-20)16-4-2-1-3-5-16/h1-6,8,10,12-14,24H,7,9,11,15H2,(H,27,29,30)/t24-/m1/s1. The molecule has 1 aromatic heterocycles. The number of rotatable bonds is 4. The molecular weight excluding hydrogens is 418 g/mol. The second-order valence-corrected chi connectivity index (χ2v) is 8.08. The number of anilines is 1. The van der Waals surface area contributed by atoms with E-state index in [2.05, 4.69) is 28.5 Å². The Morgan fingerprint density at radius 3 is 2.85 bits per heavy atom. The van der Waals surface area contributed by atoms with Crippen molar-refractivity contribution in [3.05, 3.63) is 78.0 Å². The van der Waals surface area contributed by atoms with Gasteiger partial charge in [-0.1, -0.05) is 36.4 Å². The molecule has 33 heavy (non-hydrogen) atoms. The molecule has 0 saturated heterocycles. The number of carbonyl (C=O) groups is 1. The lowest BCUT2D eigenvalue weighted by Crippen LogP contribution is -2.35. The van der Waals surface area contributed by atoms with Crippen LogP contribution in [0.4, 0.5) is 5.82 Å². The topological polar surface area (TPSA) is 82.0 Å². The van der Waals surface area contributed by atoms with E-state index >= 15 is 0 Å². The molecular formula is C26H21N3O4. The lowest BCUT2D eigenvalue weighted by atomic mass is 10.1. The fourth-order valence-corrected chi connectivity index (χ4v) is 4.20. The smallest absolute Gasteiger partial charge is 0.225 e. The molecule has 3 aliphatic heterocycles. The number of aliphatic imine (C=N–C) groups is 1. The van der Waals surface area contributed by atoms with Gasteiger partial charge >= 0.3 is 0 Å². The number of hydrogen-bond acceptors (Lipinski definition) is 6. The van der Waals surface area contributed by atoms with E-state index in [-0.39, 0.29) is 12.0 Å². The number of aromatic nitrogens is 1. The van der Waals surface area contributed by atoms with Gasteiger partial charge in [0.2, 0.25) is 5.91 Å². The van der Waals surface area contributed by atoms with Gasteiger partial charge in [-0.25, -0.2) is 4.98 Å². The number of hydrogen-bond donors (Lipinski definition) is 1. The lowest BCUT2D eigenvalue weighted by Gasteiger charge is -2.27. The summed E-state index contributed by atoms with van der Waals surface area (Å²) in [6.45, 7) is 0.416. The van der Waals surface area contributed by atoms with Gasteiger partial charge < -0.3 is 19.5 Å². The van der Waals surface area contributed by atoms with Gasteiger partial charge in [0.25, 0.3) is 0 Å². The molecule has 0 radical (unpaired) electrons. The number of allylic oxidation sites excluding steroid dienone is 1. The number of nitrogens with zero attached hydrogens (tertiary/aromatic N) is 2. The second-order valence-electron chi connectivity index (χ2n) is 8.08. The van der Waals surface area contributed by atoms with Gasteiger partial charge in [0.15, 0.2) is 17.6 Å². The van der Waals surface area contributed by atoms with Crippen LogP contribution in [0.25, 0.3) is 5.70 Å². The van der Waals surface area contributed by atoms with Crippen molar-refractivity contribution in [3.8, 4) is 23.0 Å². The van der Waals surface area contributed by atoms with Gasteiger partial charge in [-0.2, -0.15) is 0 Å². The minimum atomic E-state index is -0.255. The van der Waals surface area contributed by atoms with Crippen LogP contribution in [0.5, 0.6) is 23.0 Å². The first-order chi connectivity index (χ1) is 16.2. The summed E-state index contributed by atoms with van der Waals surface area (Å²) in [5.41, 5.74) is 3.90. The Balaban J connectivity index is 1.21. The van der Waals surface area contributed by atoms with E-state index in [1.54, 1.807) is 12.3 Å². The third kappa shape index (κ3) is 3.82. The molecule has 0 saturated carbocycles. The molecule has 1 atom stereocenters. The zero-order valence-electron chi connectivity index (χ0n) is 17.8. The molecule has 0 spiro atoms. The summed E-state index contributed by atoms with van der Waals surface area (Å²) >= 11 is 0. The molecule has 0 fully saturated rings. The molecule has 7 heteroatoms. The molecule has 0 bridgehead atoms. The highest BCUT2D eigenvalue weighted by atomic mass is 16.6. The van der Waals surface area contributed by atoms with Crippen LogP contribution in [-0.2, 0) is 11.2 Å². The van der Waals surface area contributed by atoms with E-state index in [0.717, 1.165) is 29.0 Å². The minimum absolute atomic E-state index is 0.0303. The molecule has 0 aliphatic carbocycles. The van der Waals surface area contributed by atoms with Gasteiger partial charge in [0, 0.05) is 30.7 Å². The quantitative estimate of drug-likeness (QED) is 0.632. The zero-order valence-corrected chi connectivity index (χ0v) is 17.8. The number of carbonyl (C=O) groups excluding carboxylic acids is 1. The summed E-state index contributed by atoms with van der Waals surface area (Å²) < 4.78 is 18.4. The Morgan fingerprint density at radius 1 is 1.03 bits per heavy atom. The predicted octanol–water partition coefficient (Wildman–Crippen LogP) is 4.78. The zero-order chi connectivity index (χ0) is 22.2. The van der Waals surface area contributed by atoms with Crippen LogP contribution in [0.2, 0.25) is 0 Å². The second kappa shape index (κ2) is 8.09. The van der Waals surface area contributed by atoms with E-state index in [4.69, 9.17) is 19.2 Å². The number of benzene rings is 2. The number of fused-ring (bicyclic) bond motifs is 2. The van der Waals surface area contributed by atoms with Gasteiger partial charge in [0.05, 0.1) is 11.4 Å². The Bertz CT molecular complexity index is 1300. The fourth-order valence-electron chi connectivity index (χ4n) is 4.20. The first-order valence-corrected chi connectivity index (χ1v) is 10.9. The van der Waals surface area contributed by atoms with E-state index in [9.17, 15) is 4.79 Å². The maximum atomic E-state index is 11.7. The van der Waals surface area contributed by atoms with Crippen molar-refractivity contribution in [2.45, 2.75) is 25.4 Å². The third-order valence-electron chi connectivity index (χ3n) is 5.88. The van der Waals surface area contributed by atoms with E-state index < -0.39 is 0 Å². The first kappa shape index (κ1) is 19.5. The summed E-state index contributed by atoms with van der Waals surface area (Å²) in [6.07, 6.45) is 5.23. The molecule has 4 heterocycles. The SMILES string of the molecule is O=C1CCc2c(Oc3ccc4c(c3)O[C@@H](C3=NC(c5ccccc5)=CC3)CO4)ccnc2N1. The van der Waals surface area contributed by atoms with Gasteiger partial charge in [0.1, 0.15) is 23.9 Å². The number of amides is 1. The van der Waals surface area contributed by atoms with Crippen LogP contribution in [0.1, 0.15) is 24.0 Å². The van der Waals surface area contributed by atoms with Crippen molar-refractivity contribution >= 4 is 23.1 Å². The highest BCUT2D eigenvalue weighted by molar-refractivity contribution is 5.99. The first-order valence-electron chi connectivity index (χ1n) is 10.9. The van der Waals surface area contributed by atoms with Crippen molar-refractivity contribution in [2.24, 2.45) is 4.99 Å². The summed E-state index contributed by atoms with van der Waals surface area (Å²) in [5.74, 6) is 3.12. The maximum Gasteiger partial charge on any atom is 0.225 e. The number of pyridine rings is 1. The van der Waals surface area contributed by atoms with Crippen LogP contribution in [0, 0.1) is 0 Å². The highest BCUT2D eigenvalue weighted by Crippen LogP contribution is 2.39. The monoisotopic (exact) mass is 439 g/mol. The highest BCUT2D eigenvalue weighted by Gasteiger charge is 2.28. The molecule has 3 aromatic rings. The number of nitrogens with one attached hydrogen (secondary N) is 1. The van der Waals surface area contributed by atoms with Crippen molar-refractivity contribution in [1.29, 1.82) is 0 Å². The van der Waals surface area contributed by atoms with Crippen LogP contribution >= 0.6 is 0 Å².